The van der Waals surface area contributed by atoms with Gasteiger partial charge in [0.05, 0.1) is 10.5 Å². The molecule has 3 N–H and O–H groups in total. The number of nitro groups is 1. The number of nitro benzene ring substituents is 1. The van der Waals surface area contributed by atoms with Crippen molar-refractivity contribution < 1.29 is 32.4 Å². The van der Waals surface area contributed by atoms with Gasteiger partial charge in [0, 0.05) is 6.07 Å². The molecule has 0 bridgehead atoms. The number of halogens is 1. The third kappa shape index (κ3) is 3.64. The van der Waals surface area contributed by atoms with Crippen molar-refractivity contribution in [2.75, 3.05) is 0 Å². The van der Waals surface area contributed by atoms with E-state index in [1.807, 2.05) is 0 Å². The Balaban J connectivity index is 2.73. The SMILES string of the molecule is NS(=O)(=O)c1cc(C(=O)O)cc([N+](=O)[O-])c1Oc1ccc(F)cc1. The van der Waals surface area contributed by atoms with Crippen molar-refractivity contribution in [3.05, 3.63) is 57.9 Å². The molecule has 0 aromatic heterocycles. The third-order valence-electron chi connectivity index (χ3n) is 2.82. The lowest BCUT2D eigenvalue weighted by Crippen LogP contribution is -2.15. The van der Waals surface area contributed by atoms with E-state index in [4.69, 9.17) is 15.0 Å². The lowest BCUT2D eigenvalue weighted by Gasteiger charge is -2.11. The first-order chi connectivity index (χ1) is 11.1. The van der Waals surface area contributed by atoms with Crippen LogP contribution in [0.3, 0.4) is 0 Å². The molecular weight excluding hydrogens is 347 g/mol. The standard InChI is InChI=1S/C13H9FN2O7S/c14-8-1-3-9(4-2-8)23-12-10(16(19)20)5-7(13(17)18)6-11(12)24(15,21)22/h1-6H,(H,17,18)(H2,15,21,22). The van der Waals surface area contributed by atoms with E-state index >= 15 is 0 Å². The van der Waals surface area contributed by atoms with Gasteiger partial charge in [-0.15, -0.1) is 0 Å². The number of carbonyl (C=O) groups is 1. The molecule has 0 atom stereocenters. The van der Waals surface area contributed by atoms with Crippen molar-refractivity contribution in [3.63, 3.8) is 0 Å². The predicted octanol–water partition coefficient (Wildman–Crippen LogP) is 1.87. The van der Waals surface area contributed by atoms with Gasteiger partial charge in [-0.1, -0.05) is 0 Å². The molecule has 2 aromatic carbocycles. The van der Waals surface area contributed by atoms with Crippen LogP contribution in [0.1, 0.15) is 10.4 Å². The Morgan fingerprint density at radius 3 is 2.29 bits per heavy atom. The van der Waals surface area contributed by atoms with Gasteiger partial charge in [0.2, 0.25) is 15.8 Å². The quantitative estimate of drug-likeness (QED) is 0.613. The second-order valence-electron chi connectivity index (χ2n) is 4.49. The van der Waals surface area contributed by atoms with Crippen molar-refractivity contribution in [1.29, 1.82) is 0 Å². The average Bonchev–Trinajstić information content (AvgIpc) is 2.48. The monoisotopic (exact) mass is 356 g/mol. The highest BCUT2D eigenvalue weighted by Gasteiger charge is 2.29. The molecule has 0 heterocycles. The van der Waals surface area contributed by atoms with E-state index in [-0.39, 0.29) is 5.75 Å². The van der Waals surface area contributed by atoms with Gasteiger partial charge in [0.15, 0.2) is 0 Å². The summed E-state index contributed by atoms with van der Waals surface area (Å²) < 4.78 is 41.4. The maximum atomic E-state index is 12.9. The number of hydrogen-bond acceptors (Lipinski definition) is 6. The highest BCUT2D eigenvalue weighted by atomic mass is 32.2. The first kappa shape index (κ1) is 17.3. The highest BCUT2D eigenvalue weighted by Crippen LogP contribution is 2.38. The minimum Gasteiger partial charge on any atom is -0.478 e. The fourth-order valence-corrected chi connectivity index (χ4v) is 2.48. The van der Waals surface area contributed by atoms with Crippen LogP contribution in [0.5, 0.6) is 11.5 Å². The van der Waals surface area contributed by atoms with Gasteiger partial charge >= 0.3 is 11.7 Å². The summed E-state index contributed by atoms with van der Waals surface area (Å²) in [6.07, 6.45) is 0. The van der Waals surface area contributed by atoms with Gasteiger partial charge in [-0.05, 0) is 30.3 Å². The Hall–Kier alpha value is -3.05. The Morgan fingerprint density at radius 1 is 1.25 bits per heavy atom. The van der Waals surface area contributed by atoms with E-state index in [1.54, 1.807) is 0 Å². The van der Waals surface area contributed by atoms with Crippen molar-refractivity contribution in [2.24, 2.45) is 5.14 Å². The molecule has 126 valence electrons. The number of hydrogen-bond donors (Lipinski definition) is 2. The average molecular weight is 356 g/mol. The number of sulfonamides is 1. The lowest BCUT2D eigenvalue weighted by molar-refractivity contribution is -0.385. The molecule has 0 amide bonds. The summed E-state index contributed by atoms with van der Waals surface area (Å²) >= 11 is 0. The number of benzene rings is 2. The molecule has 0 aliphatic carbocycles. The highest BCUT2D eigenvalue weighted by molar-refractivity contribution is 7.89. The molecule has 0 aliphatic rings. The van der Waals surface area contributed by atoms with Crippen LogP contribution >= 0.6 is 0 Å². The molecule has 9 nitrogen and oxygen atoms in total. The van der Waals surface area contributed by atoms with Gasteiger partial charge in [0.1, 0.15) is 16.5 Å². The second kappa shape index (κ2) is 6.22. The molecule has 11 heteroatoms. The van der Waals surface area contributed by atoms with Crippen LogP contribution in [-0.4, -0.2) is 24.4 Å². The molecule has 0 fully saturated rings. The molecule has 2 rings (SSSR count). The van der Waals surface area contributed by atoms with E-state index in [1.165, 1.54) is 0 Å². The number of nitrogens with zero attached hydrogens (tertiary/aromatic N) is 1. The Morgan fingerprint density at radius 2 is 1.83 bits per heavy atom. The number of primary sulfonamides is 1. The molecule has 24 heavy (non-hydrogen) atoms. The maximum Gasteiger partial charge on any atom is 0.335 e. The van der Waals surface area contributed by atoms with Gasteiger partial charge in [-0.25, -0.2) is 22.7 Å². The zero-order valence-corrected chi connectivity index (χ0v) is 12.5. The van der Waals surface area contributed by atoms with Gasteiger partial charge in [-0.2, -0.15) is 0 Å². The van der Waals surface area contributed by atoms with Crippen LogP contribution in [-0.2, 0) is 10.0 Å². The first-order valence-corrected chi connectivity index (χ1v) is 7.66. The summed E-state index contributed by atoms with van der Waals surface area (Å²) in [7, 11) is -4.54. The Labute approximate surface area is 134 Å². The van der Waals surface area contributed by atoms with Gasteiger partial charge in [0.25, 0.3) is 0 Å². The molecular formula is C13H9FN2O7S. The van der Waals surface area contributed by atoms with Crippen molar-refractivity contribution in [1.82, 2.24) is 0 Å². The molecule has 0 radical (unpaired) electrons. The van der Waals surface area contributed by atoms with Crippen LogP contribution in [0.4, 0.5) is 10.1 Å². The van der Waals surface area contributed by atoms with Gasteiger partial charge in [-0.3, -0.25) is 10.1 Å². The summed E-state index contributed by atoms with van der Waals surface area (Å²) in [4.78, 5) is 20.3. The minimum atomic E-state index is -4.54. The lowest BCUT2D eigenvalue weighted by atomic mass is 10.2. The van der Waals surface area contributed by atoms with E-state index in [9.17, 15) is 27.7 Å². The molecule has 2 aromatic rings. The fraction of sp³-hybridized carbons (Fsp3) is 0. The molecule has 0 saturated heterocycles. The number of nitrogens with two attached hydrogens (primary N) is 1. The van der Waals surface area contributed by atoms with Crippen LogP contribution < -0.4 is 9.88 Å². The number of carboxylic acids is 1. The Bertz CT molecular complexity index is 926. The number of rotatable bonds is 5. The topological polar surface area (TPSA) is 150 Å². The van der Waals surface area contributed by atoms with Crippen molar-refractivity contribution in [3.8, 4) is 11.5 Å². The summed E-state index contributed by atoms with van der Waals surface area (Å²) in [6, 6.07) is 5.47. The summed E-state index contributed by atoms with van der Waals surface area (Å²) in [5.74, 6) is -3.06. The molecule has 0 aliphatic heterocycles. The van der Waals surface area contributed by atoms with Crippen LogP contribution in [0.25, 0.3) is 0 Å². The van der Waals surface area contributed by atoms with E-state index in [2.05, 4.69) is 0 Å². The van der Waals surface area contributed by atoms with Crippen LogP contribution in [0.15, 0.2) is 41.3 Å². The molecule has 0 unspecified atom stereocenters. The first-order valence-electron chi connectivity index (χ1n) is 6.11. The number of ether oxygens (including phenoxy) is 1. The summed E-state index contributed by atoms with van der Waals surface area (Å²) in [5, 5.41) is 25.1. The summed E-state index contributed by atoms with van der Waals surface area (Å²) in [5.41, 5.74) is -1.57. The zero-order chi connectivity index (χ0) is 18.1. The van der Waals surface area contributed by atoms with Crippen molar-refractivity contribution >= 4 is 21.7 Å². The number of aromatic carboxylic acids is 1. The largest absolute Gasteiger partial charge is 0.478 e. The van der Waals surface area contributed by atoms with Crippen LogP contribution in [0, 0.1) is 15.9 Å². The summed E-state index contributed by atoms with van der Waals surface area (Å²) in [6.45, 7) is 0. The molecule has 0 spiro atoms. The normalized spacial score (nSPS) is 11.1. The van der Waals surface area contributed by atoms with Crippen molar-refractivity contribution in [2.45, 2.75) is 4.90 Å². The van der Waals surface area contributed by atoms with E-state index < -0.39 is 48.6 Å². The third-order valence-corrected chi connectivity index (χ3v) is 3.74. The van der Waals surface area contributed by atoms with Crippen LogP contribution in [0.2, 0.25) is 0 Å². The van der Waals surface area contributed by atoms with E-state index in [0.29, 0.717) is 12.1 Å². The fourth-order valence-electron chi connectivity index (χ4n) is 1.78. The number of carboxylic acid groups (broad SMARTS) is 1. The van der Waals surface area contributed by atoms with E-state index in [0.717, 1.165) is 24.3 Å². The zero-order valence-electron chi connectivity index (χ0n) is 11.7. The van der Waals surface area contributed by atoms with Gasteiger partial charge < -0.3 is 9.84 Å². The Kier molecular flexibility index (Phi) is 4.48. The maximum absolute atomic E-state index is 12.9. The minimum absolute atomic E-state index is 0.104. The predicted molar refractivity (Wildman–Crippen MR) is 77.9 cm³/mol. The molecule has 0 saturated carbocycles. The smallest absolute Gasteiger partial charge is 0.335 e. The second-order valence-corrected chi connectivity index (χ2v) is 6.02.